The predicted octanol–water partition coefficient (Wildman–Crippen LogP) is 1.85. The molecule has 1 saturated carbocycles. The molecule has 1 aliphatic carbocycles. The lowest BCUT2D eigenvalue weighted by Crippen LogP contribution is -2.60. The first-order valence-electron chi connectivity index (χ1n) is 12.4. The van der Waals surface area contributed by atoms with E-state index in [-0.39, 0.29) is 46.7 Å². The van der Waals surface area contributed by atoms with E-state index in [0.29, 0.717) is 12.3 Å². The van der Waals surface area contributed by atoms with E-state index < -0.39 is 36.3 Å². The van der Waals surface area contributed by atoms with Crippen molar-refractivity contribution in [1.82, 2.24) is 15.5 Å². The molecule has 3 amide bonds. The standard InChI is InChI=1S/C25H33ClN4O6/c1-4-35-25-18(11-19(31)36-25)28-23(33)21-13-5-7-15(9-13)30(21)24(34)20(12(2)3)29-22(32)14-6-8-17(27)16(26)10-14/h6,8,10,12-13,15,18,20-21,25H,4-5,7,9,11,27H2,1-3H3,(H,28,33)(H,29,32)/t13-,15+,18?,20-,21-,25+/m0/s1. The van der Waals surface area contributed by atoms with Crippen LogP contribution in [0.4, 0.5) is 5.69 Å². The van der Waals surface area contributed by atoms with Crippen molar-refractivity contribution in [2.24, 2.45) is 11.8 Å². The Morgan fingerprint density at radius 1 is 1.28 bits per heavy atom. The maximum absolute atomic E-state index is 13.8. The highest BCUT2D eigenvalue weighted by atomic mass is 35.5. The molecule has 1 unspecified atom stereocenters. The Bertz CT molecular complexity index is 1050. The summed E-state index contributed by atoms with van der Waals surface area (Å²) in [6, 6.07) is 2.34. The number of hydrogen-bond acceptors (Lipinski definition) is 7. The first-order valence-corrected chi connectivity index (χ1v) is 12.8. The van der Waals surface area contributed by atoms with Crippen molar-refractivity contribution in [3.8, 4) is 0 Å². The number of anilines is 1. The number of nitrogens with two attached hydrogens (primary N) is 1. The highest BCUT2D eigenvalue weighted by Gasteiger charge is 2.53. The van der Waals surface area contributed by atoms with Crippen LogP contribution in [0.15, 0.2) is 18.2 Å². The summed E-state index contributed by atoms with van der Waals surface area (Å²) < 4.78 is 10.6. The molecule has 2 aliphatic heterocycles. The van der Waals surface area contributed by atoms with E-state index in [0.717, 1.165) is 19.3 Å². The van der Waals surface area contributed by atoms with E-state index in [9.17, 15) is 19.2 Å². The summed E-state index contributed by atoms with van der Waals surface area (Å²) in [5.41, 5.74) is 6.39. The molecule has 196 valence electrons. The van der Waals surface area contributed by atoms with Crippen LogP contribution in [0.25, 0.3) is 0 Å². The molecule has 0 spiro atoms. The molecule has 2 heterocycles. The van der Waals surface area contributed by atoms with Crippen LogP contribution in [0.1, 0.15) is 56.8 Å². The van der Waals surface area contributed by atoms with Gasteiger partial charge >= 0.3 is 5.97 Å². The number of fused-ring (bicyclic) bond motifs is 2. The third-order valence-corrected chi connectivity index (χ3v) is 7.54. The van der Waals surface area contributed by atoms with E-state index in [1.54, 1.807) is 17.9 Å². The lowest BCUT2D eigenvalue weighted by atomic mass is 9.95. The first-order chi connectivity index (χ1) is 17.1. The molecule has 3 aliphatic rings. The highest BCUT2D eigenvalue weighted by Crippen LogP contribution is 2.43. The summed E-state index contributed by atoms with van der Waals surface area (Å²) in [5, 5.41) is 5.97. The number of ether oxygens (including phenoxy) is 2. The Hall–Kier alpha value is -2.85. The van der Waals surface area contributed by atoms with E-state index in [4.69, 9.17) is 26.8 Å². The van der Waals surface area contributed by atoms with Crippen molar-refractivity contribution in [2.45, 2.75) is 76.9 Å². The average Bonchev–Trinajstić information content (AvgIpc) is 3.53. The number of piperidine rings is 1. The normalized spacial score (nSPS) is 27.8. The average molecular weight is 521 g/mol. The largest absolute Gasteiger partial charge is 0.433 e. The molecule has 1 aromatic rings. The van der Waals surface area contributed by atoms with Crippen molar-refractivity contribution in [2.75, 3.05) is 12.3 Å². The van der Waals surface area contributed by atoms with Gasteiger partial charge < -0.3 is 30.7 Å². The number of nitrogens with zero attached hydrogens (tertiary/aromatic N) is 1. The van der Waals surface area contributed by atoms with Crippen molar-refractivity contribution in [1.29, 1.82) is 0 Å². The fourth-order valence-corrected chi connectivity index (χ4v) is 5.63. The Labute approximate surface area is 215 Å². The lowest BCUT2D eigenvalue weighted by molar-refractivity contribution is -0.165. The Morgan fingerprint density at radius 3 is 2.69 bits per heavy atom. The summed E-state index contributed by atoms with van der Waals surface area (Å²) in [5.74, 6) is -1.73. The topological polar surface area (TPSA) is 140 Å². The van der Waals surface area contributed by atoms with Crippen molar-refractivity contribution in [3.63, 3.8) is 0 Å². The number of likely N-dealkylation sites (tertiary alicyclic amines) is 1. The summed E-state index contributed by atoms with van der Waals surface area (Å²) >= 11 is 6.07. The second kappa shape index (κ2) is 10.6. The molecule has 3 fully saturated rings. The first kappa shape index (κ1) is 26.2. The van der Waals surface area contributed by atoms with Gasteiger partial charge in [0.15, 0.2) is 0 Å². The number of halogens is 1. The third-order valence-electron chi connectivity index (χ3n) is 7.21. The Balaban J connectivity index is 1.51. The van der Waals surface area contributed by atoms with Gasteiger partial charge in [-0.25, -0.2) is 0 Å². The minimum atomic E-state index is -0.844. The van der Waals surface area contributed by atoms with E-state index in [2.05, 4.69) is 10.6 Å². The van der Waals surface area contributed by atoms with Gasteiger partial charge in [-0.2, -0.15) is 0 Å². The number of rotatable bonds is 8. The minimum absolute atomic E-state index is 0.0139. The van der Waals surface area contributed by atoms with Gasteiger partial charge in [0.05, 0.1) is 17.1 Å². The zero-order valence-corrected chi connectivity index (χ0v) is 21.4. The number of carbonyl (C=O) groups excluding carboxylic acids is 4. The second-order valence-electron chi connectivity index (χ2n) is 9.98. The van der Waals surface area contributed by atoms with Crippen LogP contribution in [0.3, 0.4) is 0 Å². The number of hydrogen-bond donors (Lipinski definition) is 3. The SMILES string of the molecule is CCO[C@@H]1OC(=O)CC1NC(=O)[C@@H]1[C@H]2CC[C@H](C2)N1C(=O)[C@@H](NC(=O)c1ccc(N)c(Cl)c1)C(C)C. The van der Waals surface area contributed by atoms with Gasteiger partial charge in [-0.3, -0.25) is 19.2 Å². The van der Waals surface area contributed by atoms with Gasteiger partial charge in [0, 0.05) is 18.2 Å². The third kappa shape index (κ3) is 5.15. The summed E-state index contributed by atoms with van der Waals surface area (Å²) in [6.45, 7) is 5.80. The van der Waals surface area contributed by atoms with Gasteiger partial charge in [0.2, 0.25) is 18.1 Å². The summed E-state index contributed by atoms with van der Waals surface area (Å²) in [4.78, 5) is 53.6. The highest BCUT2D eigenvalue weighted by molar-refractivity contribution is 6.33. The Kier molecular flexibility index (Phi) is 7.75. The number of carbonyl (C=O) groups is 4. The van der Waals surface area contributed by atoms with Gasteiger partial charge in [0.25, 0.3) is 5.91 Å². The molecule has 10 nitrogen and oxygen atoms in total. The molecule has 11 heteroatoms. The van der Waals surface area contributed by atoms with Gasteiger partial charge in [-0.1, -0.05) is 25.4 Å². The van der Waals surface area contributed by atoms with Crippen LogP contribution >= 0.6 is 11.6 Å². The van der Waals surface area contributed by atoms with Crippen LogP contribution in [-0.4, -0.2) is 65.7 Å². The molecule has 4 rings (SSSR count). The van der Waals surface area contributed by atoms with Crippen molar-refractivity contribution < 1.29 is 28.7 Å². The fourth-order valence-electron chi connectivity index (χ4n) is 5.45. The lowest BCUT2D eigenvalue weighted by Gasteiger charge is -2.38. The fraction of sp³-hybridized carbons (Fsp3) is 0.600. The molecular formula is C25H33ClN4O6. The van der Waals surface area contributed by atoms with E-state index in [1.165, 1.54) is 12.1 Å². The van der Waals surface area contributed by atoms with E-state index >= 15 is 0 Å². The number of nitrogen functional groups attached to an aromatic ring is 1. The van der Waals surface area contributed by atoms with Gasteiger partial charge in [-0.15, -0.1) is 0 Å². The quantitative estimate of drug-likeness (QED) is 0.351. The number of benzene rings is 1. The molecule has 4 N–H and O–H groups in total. The predicted molar refractivity (Wildman–Crippen MR) is 132 cm³/mol. The Morgan fingerprint density at radius 2 is 2.03 bits per heavy atom. The molecule has 36 heavy (non-hydrogen) atoms. The van der Waals surface area contributed by atoms with Crippen LogP contribution in [0, 0.1) is 11.8 Å². The van der Waals surface area contributed by atoms with Crippen molar-refractivity contribution >= 4 is 41.0 Å². The maximum Gasteiger partial charge on any atom is 0.310 e. The summed E-state index contributed by atoms with van der Waals surface area (Å²) in [7, 11) is 0. The molecule has 0 radical (unpaired) electrons. The zero-order valence-electron chi connectivity index (χ0n) is 20.7. The van der Waals surface area contributed by atoms with E-state index in [1.807, 2.05) is 13.8 Å². The van der Waals surface area contributed by atoms with Gasteiger partial charge in [0.1, 0.15) is 18.1 Å². The summed E-state index contributed by atoms with van der Waals surface area (Å²) in [6.07, 6.45) is 1.54. The van der Waals surface area contributed by atoms with Crippen molar-refractivity contribution in [3.05, 3.63) is 28.8 Å². The number of cyclic esters (lactones) is 1. The smallest absolute Gasteiger partial charge is 0.310 e. The molecule has 0 aromatic heterocycles. The van der Waals surface area contributed by atoms with Crippen LogP contribution in [0.5, 0.6) is 0 Å². The molecule has 1 aromatic carbocycles. The molecule has 2 bridgehead atoms. The minimum Gasteiger partial charge on any atom is -0.433 e. The number of esters is 1. The molecule has 6 atom stereocenters. The van der Waals surface area contributed by atoms with Crippen LogP contribution in [-0.2, 0) is 23.9 Å². The van der Waals surface area contributed by atoms with Crippen LogP contribution in [0.2, 0.25) is 5.02 Å². The maximum atomic E-state index is 13.8. The second-order valence-corrected chi connectivity index (χ2v) is 10.4. The van der Waals surface area contributed by atoms with Gasteiger partial charge in [-0.05, 0) is 56.2 Å². The zero-order chi connectivity index (χ0) is 26.1. The van der Waals surface area contributed by atoms with Crippen LogP contribution < -0.4 is 16.4 Å². The molecular weight excluding hydrogens is 488 g/mol. The molecule has 2 saturated heterocycles. The number of nitrogens with one attached hydrogen (secondary N) is 2. The number of amides is 3. The monoisotopic (exact) mass is 520 g/mol.